The van der Waals surface area contributed by atoms with Gasteiger partial charge in [-0.05, 0) is 29.8 Å². The molecule has 0 radical (unpaired) electrons. The Morgan fingerprint density at radius 3 is 2.67 bits per heavy atom. The number of thiocarbonyl (C=S) groups is 1. The average molecular weight is 403 g/mol. The molecule has 27 heavy (non-hydrogen) atoms. The third kappa shape index (κ3) is 4.65. The Bertz CT molecular complexity index is 914. The monoisotopic (exact) mass is 403 g/mol. The van der Waals surface area contributed by atoms with Crippen LogP contribution >= 0.6 is 24.0 Å². The van der Waals surface area contributed by atoms with Crippen molar-refractivity contribution >= 4 is 46.0 Å². The van der Waals surface area contributed by atoms with E-state index in [1.807, 2.05) is 0 Å². The van der Waals surface area contributed by atoms with E-state index in [9.17, 15) is 15.2 Å². The van der Waals surface area contributed by atoms with Gasteiger partial charge in [-0.1, -0.05) is 42.2 Å². The van der Waals surface area contributed by atoms with Crippen LogP contribution in [0.5, 0.6) is 11.5 Å². The van der Waals surface area contributed by atoms with Crippen LogP contribution in [0.4, 0.5) is 5.69 Å². The molecule has 1 saturated heterocycles. The standard InChI is InChI=1S/C18H15N2O5S2/c1-24-15-8-11(9-16-17(21)19-18(26)27-16)6-7-14(15)25-10-12-4-2-3-5-13(12)20(22)23/h2-9,20H,10H2,1H3,(H,19,21,26)/q-1/b16-9-. The second-order valence-corrected chi connectivity index (χ2v) is 7.21. The van der Waals surface area contributed by atoms with Crippen LogP contribution in [0.25, 0.3) is 6.08 Å². The minimum Gasteiger partial charge on any atom is -0.628 e. The summed E-state index contributed by atoms with van der Waals surface area (Å²) in [5.74, 6) is 0.677. The van der Waals surface area contributed by atoms with Gasteiger partial charge in [-0.25, -0.2) is 0 Å². The lowest BCUT2D eigenvalue weighted by Crippen LogP contribution is -2.96. The van der Waals surface area contributed by atoms with E-state index < -0.39 is 5.23 Å². The minimum absolute atomic E-state index is 0.0491. The van der Waals surface area contributed by atoms with Crippen LogP contribution in [0.2, 0.25) is 0 Å². The van der Waals surface area contributed by atoms with Gasteiger partial charge in [0, 0.05) is 6.07 Å². The maximum Gasteiger partial charge on any atom is 0.263 e. The summed E-state index contributed by atoms with van der Waals surface area (Å²) in [6.45, 7) is 0.0491. The summed E-state index contributed by atoms with van der Waals surface area (Å²) in [6, 6.07) is 11.7. The maximum atomic E-state index is 11.8. The molecule has 3 rings (SSSR count). The number of thioether (sulfide) groups is 1. The first-order chi connectivity index (χ1) is 13.0. The first-order valence-electron chi connectivity index (χ1n) is 7.83. The second kappa shape index (κ2) is 8.51. The van der Waals surface area contributed by atoms with Gasteiger partial charge in [0.15, 0.2) is 11.5 Å². The van der Waals surface area contributed by atoms with E-state index in [-0.39, 0.29) is 18.2 Å². The molecule has 0 unspecified atom stereocenters. The second-order valence-electron chi connectivity index (χ2n) is 5.50. The molecule has 2 N–H and O–H groups in total. The number of hydrogen-bond donors (Lipinski definition) is 2. The van der Waals surface area contributed by atoms with Crippen LogP contribution in [0.1, 0.15) is 11.1 Å². The van der Waals surface area contributed by atoms with Crippen LogP contribution in [0.15, 0.2) is 47.4 Å². The first-order valence-corrected chi connectivity index (χ1v) is 9.05. The molecule has 140 valence electrons. The Morgan fingerprint density at radius 2 is 2.00 bits per heavy atom. The topological polar surface area (TPSA) is 98.1 Å². The molecule has 1 aliphatic heterocycles. The number of methoxy groups -OCH3 is 1. The zero-order chi connectivity index (χ0) is 19.4. The highest BCUT2D eigenvalue weighted by Crippen LogP contribution is 2.32. The van der Waals surface area contributed by atoms with Crippen molar-refractivity contribution in [2.24, 2.45) is 0 Å². The van der Waals surface area contributed by atoms with Crippen molar-refractivity contribution in [2.75, 3.05) is 7.11 Å². The minimum atomic E-state index is -1.26. The van der Waals surface area contributed by atoms with Gasteiger partial charge >= 0.3 is 0 Å². The Hall–Kier alpha value is -2.43. The zero-order valence-electron chi connectivity index (χ0n) is 14.2. The van der Waals surface area contributed by atoms with Gasteiger partial charge in [0.05, 0.1) is 17.6 Å². The molecule has 0 spiro atoms. The van der Waals surface area contributed by atoms with Crippen molar-refractivity contribution < 1.29 is 19.5 Å². The summed E-state index contributed by atoms with van der Waals surface area (Å²) in [4.78, 5) is 12.3. The lowest BCUT2D eigenvalue weighted by atomic mass is 10.1. The van der Waals surface area contributed by atoms with Gasteiger partial charge in [-0.3, -0.25) is 4.79 Å². The number of rotatable bonds is 6. The number of amides is 1. The molecule has 0 aliphatic carbocycles. The molecule has 1 heterocycles. The third-order valence-electron chi connectivity index (χ3n) is 3.75. The highest BCUT2D eigenvalue weighted by atomic mass is 32.2. The van der Waals surface area contributed by atoms with Crippen LogP contribution in [0.3, 0.4) is 0 Å². The average Bonchev–Trinajstić information content (AvgIpc) is 2.97. The van der Waals surface area contributed by atoms with Crippen molar-refractivity contribution in [1.82, 2.24) is 5.32 Å². The van der Waals surface area contributed by atoms with E-state index in [0.717, 1.165) is 5.56 Å². The van der Waals surface area contributed by atoms with Crippen LogP contribution in [-0.4, -0.2) is 17.3 Å². The van der Waals surface area contributed by atoms with E-state index in [1.54, 1.807) is 42.5 Å². The smallest absolute Gasteiger partial charge is 0.263 e. The Morgan fingerprint density at radius 1 is 1.22 bits per heavy atom. The molecule has 7 nitrogen and oxygen atoms in total. The Labute approximate surface area is 165 Å². The largest absolute Gasteiger partial charge is 0.628 e. The van der Waals surface area contributed by atoms with E-state index in [2.05, 4.69) is 5.32 Å². The van der Waals surface area contributed by atoms with E-state index in [1.165, 1.54) is 24.9 Å². The normalized spacial score (nSPS) is 15.3. The molecule has 0 bridgehead atoms. The van der Waals surface area contributed by atoms with Crippen LogP contribution < -0.4 is 20.0 Å². The lowest BCUT2D eigenvalue weighted by molar-refractivity contribution is -0.715. The molecule has 0 aromatic heterocycles. The van der Waals surface area contributed by atoms with Gasteiger partial charge in [0.2, 0.25) is 0 Å². The molecule has 1 fully saturated rings. The van der Waals surface area contributed by atoms with Gasteiger partial charge in [0.25, 0.3) is 5.91 Å². The number of hydrogen-bond acceptors (Lipinski definition) is 7. The summed E-state index contributed by atoms with van der Waals surface area (Å²) < 4.78 is 11.5. The van der Waals surface area contributed by atoms with Crippen molar-refractivity contribution in [2.45, 2.75) is 6.61 Å². The number of nitrogens with one attached hydrogen (secondary N) is 2. The first kappa shape index (κ1) is 19.3. The number of carbonyl (C=O) groups is 1. The SMILES string of the molecule is COc1cc(/C=C2\SC(=S)NC2=O)ccc1OCc1ccccc1[NH+]([O-])[O-]. The molecule has 2 aromatic carbocycles. The summed E-state index contributed by atoms with van der Waals surface area (Å²) >= 11 is 6.16. The van der Waals surface area contributed by atoms with Crippen molar-refractivity contribution in [1.29, 1.82) is 0 Å². The molecular weight excluding hydrogens is 388 g/mol. The Balaban J connectivity index is 1.79. The molecule has 1 amide bonds. The predicted octanol–water partition coefficient (Wildman–Crippen LogP) is 2.27. The molecule has 0 atom stereocenters. The number of ether oxygens (including phenoxy) is 2. The van der Waals surface area contributed by atoms with Gasteiger partial charge in [-0.15, -0.1) is 0 Å². The Kier molecular flexibility index (Phi) is 6.09. The van der Waals surface area contributed by atoms with Crippen LogP contribution in [-0.2, 0) is 11.4 Å². The quantitative estimate of drug-likeness (QED) is 0.434. The van der Waals surface area contributed by atoms with Gasteiger partial charge in [-0.2, -0.15) is 0 Å². The molecular formula is C18H15N2O5S2-. The van der Waals surface area contributed by atoms with Crippen molar-refractivity contribution in [3.63, 3.8) is 0 Å². The van der Waals surface area contributed by atoms with E-state index in [4.69, 9.17) is 21.7 Å². The van der Waals surface area contributed by atoms with Gasteiger partial charge in [0.1, 0.15) is 16.6 Å². The van der Waals surface area contributed by atoms with Crippen LogP contribution in [0, 0.1) is 10.4 Å². The van der Waals surface area contributed by atoms with Crippen molar-refractivity contribution in [3.8, 4) is 11.5 Å². The van der Waals surface area contributed by atoms with Crippen molar-refractivity contribution in [3.05, 3.63) is 68.9 Å². The summed E-state index contributed by atoms with van der Waals surface area (Å²) in [6.07, 6.45) is 1.71. The fourth-order valence-electron chi connectivity index (χ4n) is 2.47. The number of benzene rings is 2. The van der Waals surface area contributed by atoms with Gasteiger partial charge < -0.3 is 30.4 Å². The number of quaternary nitrogens is 1. The predicted molar refractivity (Wildman–Crippen MR) is 107 cm³/mol. The highest BCUT2D eigenvalue weighted by molar-refractivity contribution is 8.26. The fraction of sp³-hybridized carbons (Fsp3) is 0.111. The number of carbonyl (C=O) groups excluding carboxylic acids is 1. The maximum absolute atomic E-state index is 11.8. The van der Waals surface area contributed by atoms with E-state index in [0.29, 0.717) is 26.3 Å². The molecule has 1 aliphatic rings. The molecule has 2 aromatic rings. The zero-order valence-corrected chi connectivity index (χ0v) is 15.8. The third-order valence-corrected chi connectivity index (χ3v) is 4.91. The summed E-state index contributed by atoms with van der Waals surface area (Å²) in [5, 5.41) is 23.6. The molecule has 0 saturated carbocycles. The summed E-state index contributed by atoms with van der Waals surface area (Å²) in [7, 11) is 1.50. The fourth-order valence-corrected chi connectivity index (χ4v) is 3.51. The molecule has 9 heteroatoms. The highest BCUT2D eigenvalue weighted by Gasteiger charge is 2.22. The lowest BCUT2D eigenvalue weighted by Gasteiger charge is -2.26. The summed E-state index contributed by atoms with van der Waals surface area (Å²) in [5.41, 5.74) is 1.33. The van der Waals surface area contributed by atoms with E-state index >= 15 is 0 Å².